The Bertz CT molecular complexity index is 141. The van der Waals surface area contributed by atoms with E-state index in [2.05, 4.69) is 5.32 Å². The molecule has 1 saturated heterocycles. The van der Waals surface area contributed by atoms with Gasteiger partial charge in [0, 0.05) is 5.92 Å². The van der Waals surface area contributed by atoms with Gasteiger partial charge in [0.05, 0.1) is 5.75 Å². The van der Waals surface area contributed by atoms with Gasteiger partial charge in [-0.15, -0.1) is 0 Å². The van der Waals surface area contributed by atoms with Gasteiger partial charge >= 0.3 is 0 Å². The molecule has 0 radical (unpaired) electrons. The summed E-state index contributed by atoms with van der Waals surface area (Å²) < 4.78 is 0. The summed E-state index contributed by atoms with van der Waals surface area (Å²) in [6, 6.07) is 0. The van der Waals surface area contributed by atoms with Gasteiger partial charge in [-0.25, -0.2) is 0 Å². The lowest BCUT2D eigenvalue weighted by Crippen LogP contribution is -2.19. The average molecular weight is 187 g/mol. The molecular formula is C9H17NOS. The first-order chi connectivity index (χ1) is 5.84. The van der Waals surface area contributed by atoms with Crippen molar-refractivity contribution in [1.82, 2.24) is 5.32 Å². The zero-order chi connectivity index (χ0) is 8.81. The van der Waals surface area contributed by atoms with Gasteiger partial charge in [0.25, 0.3) is 0 Å². The lowest BCUT2D eigenvalue weighted by molar-refractivity contribution is -0.120. The Morgan fingerprint density at radius 3 is 3.08 bits per heavy atom. The van der Waals surface area contributed by atoms with Gasteiger partial charge in [-0.3, -0.25) is 4.79 Å². The summed E-state index contributed by atoms with van der Waals surface area (Å²) >= 11 is 1.64. The molecule has 0 aromatic carbocycles. The van der Waals surface area contributed by atoms with Crippen LogP contribution in [0.2, 0.25) is 0 Å². The minimum Gasteiger partial charge on any atom is -0.317 e. The van der Waals surface area contributed by atoms with E-state index >= 15 is 0 Å². The smallest absolute Gasteiger partial charge is 0.145 e. The first-order valence-electron chi connectivity index (χ1n) is 4.57. The Morgan fingerprint density at radius 1 is 1.50 bits per heavy atom. The molecular weight excluding hydrogens is 170 g/mol. The van der Waals surface area contributed by atoms with Crippen LogP contribution in [-0.2, 0) is 4.79 Å². The van der Waals surface area contributed by atoms with Crippen LogP contribution in [0.1, 0.15) is 19.3 Å². The van der Waals surface area contributed by atoms with E-state index in [1.54, 1.807) is 11.8 Å². The standard InChI is InChI=1S/C9H17NOS/c1-12-7-9(11)8-3-2-5-10-6-4-8/h8,10H,2-7H2,1H3. The fourth-order valence-corrected chi connectivity index (χ4v) is 2.12. The van der Waals surface area contributed by atoms with Crippen LogP contribution in [0.4, 0.5) is 0 Å². The van der Waals surface area contributed by atoms with Crippen LogP contribution >= 0.6 is 11.8 Å². The summed E-state index contributed by atoms with van der Waals surface area (Å²) in [7, 11) is 0. The van der Waals surface area contributed by atoms with Crippen LogP contribution in [-0.4, -0.2) is 30.9 Å². The van der Waals surface area contributed by atoms with Crippen molar-refractivity contribution in [2.45, 2.75) is 19.3 Å². The molecule has 1 unspecified atom stereocenters. The molecule has 1 aliphatic heterocycles. The molecule has 1 fully saturated rings. The second-order valence-corrected chi connectivity index (χ2v) is 4.14. The van der Waals surface area contributed by atoms with Crippen molar-refractivity contribution in [2.75, 3.05) is 25.1 Å². The molecule has 0 bridgehead atoms. The summed E-state index contributed by atoms with van der Waals surface area (Å²) in [6.07, 6.45) is 5.28. The van der Waals surface area contributed by atoms with Gasteiger partial charge in [0.15, 0.2) is 0 Å². The molecule has 1 aliphatic rings. The van der Waals surface area contributed by atoms with Crippen LogP contribution < -0.4 is 5.32 Å². The van der Waals surface area contributed by atoms with E-state index in [4.69, 9.17) is 0 Å². The quantitative estimate of drug-likeness (QED) is 0.722. The van der Waals surface area contributed by atoms with Crippen molar-refractivity contribution in [3.05, 3.63) is 0 Å². The summed E-state index contributed by atoms with van der Waals surface area (Å²) in [4.78, 5) is 11.5. The maximum absolute atomic E-state index is 11.5. The molecule has 2 nitrogen and oxygen atoms in total. The van der Waals surface area contributed by atoms with Crippen molar-refractivity contribution in [2.24, 2.45) is 5.92 Å². The van der Waals surface area contributed by atoms with Gasteiger partial charge < -0.3 is 5.32 Å². The third-order valence-electron chi connectivity index (χ3n) is 2.32. The topological polar surface area (TPSA) is 29.1 Å². The fourth-order valence-electron chi connectivity index (χ4n) is 1.60. The van der Waals surface area contributed by atoms with Crippen molar-refractivity contribution < 1.29 is 4.79 Å². The monoisotopic (exact) mass is 187 g/mol. The molecule has 0 aliphatic carbocycles. The SMILES string of the molecule is CSCC(=O)C1CCCNCC1. The van der Waals surface area contributed by atoms with Gasteiger partial charge in [-0.1, -0.05) is 0 Å². The van der Waals surface area contributed by atoms with Gasteiger partial charge in [0.1, 0.15) is 5.78 Å². The van der Waals surface area contributed by atoms with E-state index in [0.717, 1.165) is 32.4 Å². The number of nitrogens with one attached hydrogen (secondary N) is 1. The van der Waals surface area contributed by atoms with Crippen LogP contribution in [0.25, 0.3) is 0 Å². The van der Waals surface area contributed by atoms with E-state index in [1.165, 1.54) is 0 Å². The summed E-state index contributed by atoms with van der Waals surface area (Å²) in [5.41, 5.74) is 0. The van der Waals surface area contributed by atoms with E-state index in [-0.39, 0.29) is 0 Å². The molecule has 1 atom stereocenters. The Hall–Kier alpha value is -0.0200. The van der Waals surface area contributed by atoms with E-state index < -0.39 is 0 Å². The highest BCUT2D eigenvalue weighted by Gasteiger charge is 2.18. The van der Waals surface area contributed by atoms with Crippen LogP contribution in [0.3, 0.4) is 0 Å². The highest BCUT2D eigenvalue weighted by Crippen LogP contribution is 2.16. The Kier molecular flexibility index (Phi) is 4.69. The largest absolute Gasteiger partial charge is 0.317 e. The molecule has 1 rings (SSSR count). The zero-order valence-corrected chi connectivity index (χ0v) is 8.45. The number of rotatable bonds is 3. The van der Waals surface area contributed by atoms with Crippen LogP contribution in [0.5, 0.6) is 0 Å². The van der Waals surface area contributed by atoms with Gasteiger partial charge in [-0.05, 0) is 38.6 Å². The Morgan fingerprint density at radius 2 is 2.33 bits per heavy atom. The molecule has 1 heterocycles. The molecule has 0 spiro atoms. The Balaban J connectivity index is 2.32. The number of thioether (sulfide) groups is 1. The predicted octanol–water partition coefficient (Wildman–Crippen LogP) is 1.31. The van der Waals surface area contributed by atoms with E-state index in [1.807, 2.05) is 6.26 Å². The maximum Gasteiger partial charge on any atom is 0.145 e. The van der Waals surface area contributed by atoms with E-state index in [9.17, 15) is 4.79 Å². The summed E-state index contributed by atoms with van der Waals surface area (Å²) in [6.45, 7) is 2.10. The highest BCUT2D eigenvalue weighted by molar-refractivity contribution is 7.99. The minimum atomic E-state index is 0.340. The zero-order valence-electron chi connectivity index (χ0n) is 7.64. The summed E-state index contributed by atoms with van der Waals surface area (Å²) in [5.74, 6) is 1.49. The molecule has 70 valence electrons. The lowest BCUT2D eigenvalue weighted by atomic mass is 9.97. The number of carbonyl (C=O) groups is 1. The average Bonchev–Trinajstić information content (AvgIpc) is 2.32. The third-order valence-corrected chi connectivity index (χ3v) is 2.89. The number of ketones is 1. The summed E-state index contributed by atoms with van der Waals surface area (Å²) in [5, 5.41) is 3.32. The normalized spacial score (nSPS) is 24.9. The number of Topliss-reactive ketones (excluding diaryl/α,β-unsaturated/α-hetero) is 1. The second kappa shape index (κ2) is 5.60. The molecule has 0 saturated carbocycles. The third kappa shape index (κ3) is 3.15. The number of carbonyl (C=O) groups excluding carboxylic acids is 1. The maximum atomic E-state index is 11.5. The molecule has 0 amide bonds. The van der Waals surface area contributed by atoms with E-state index in [0.29, 0.717) is 17.5 Å². The minimum absolute atomic E-state index is 0.340. The first-order valence-corrected chi connectivity index (χ1v) is 5.96. The van der Waals surface area contributed by atoms with Crippen molar-refractivity contribution in [1.29, 1.82) is 0 Å². The Labute approximate surface area is 78.5 Å². The molecule has 3 heteroatoms. The first kappa shape index (κ1) is 10.1. The molecule has 0 aromatic rings. The molecule has 0 aromatic heterocycles. The van der Waals surface area contributed by atoms with Gasteiger partial charge in [0.2, 0.25) is 0 Å². The lowest BCUT2D eigenvalue weighted by Gasteiger charge is -2.10. The van der Waals surface area contributed by atoms with Crippen LogP contribution in [0.15, 0.2) is 0 Å². The second-order valence-electron chi connectivity index (χ2n) is 3.28. The molecule has 1 N–H and O–H groups in total. The number of hydrogen-bond acceptors (Lipinski definition) is 3. The highest BCUT2D eigenvalue weighted by atomic mass is 32.2. The number of hydrogen-bond donors (Lipinski definition) is 1. The van der Waals surface area contributed by atoms with Crippen LogP contribution in [0, 0.1) is 5.92 Å². The molecule has 12 heavy (non-hydrogen) atoms. The van der Waals surface area contributed by atoms with Gasteiger partial charge in [-0.2, -0.15) is 11.8 Å². The van der Waals surface area contributed by atoms with Crippen molar-refractivity contribution in [3.63, 3.8) is 0 Å². The predicted molar refractivity (Wildman–Crippen MR) is 53.6 cm³/mol. The fraction of sp³-hybridized carbons (Fsp3) is 0.889. The van der Waals surface area contributed by atoms with Crippen molar-refractivity contribution in [3.8, 4) is 0 Å². The van der Waals surface area contributed by atoms with Crippen molar-refractivity contribution >= 4 is 17.5 Å².